The minimum absolute atomic E-state index is 0.103. The van der Waals surface area contributed by atoms with E-state index >= 15 is 0 Å². The highest BCUT2D eigenvalue weighted by molar-refractivity contribution is 6.01. The van der Waals surface area contributed by atoms with E-state index in [4.69, 9.17) is 9.47 Å². The summed E-state index contributed by atoms with van der Waals surface area (Å²) in [5.74, 6) is 0.956. The van der Waals surface area contributed by atoms with E-state index in [-0.39, 0.29) is 11.7 Å². The van der Waals surface area contributed by atoms with E-state index in [1.54, 1.807) is 33.3 Å². The third-order valence-electron chi connectivity index (χ3n) is 3.26. The summed E-state index contributed by atoms with van der Waals surface area (Å²) in [5, 5.41) is 13.3. The molecular weight excluding hydrogens is 296 g/mol. The predicted octanol–water partition coefficient (Wildman–Crippen LogP) is 2.56. The second-order valence-corrected chi connectivity index (χ2v) is 4.75. The summed E-state index contributed by atoms with van der Waals surface area (Å²) >= 11 is 0. The van der Waals surface area contributed by atoms with Gasteiger partial charge < -0.3 is 14.6 Å². The summed E-state index contributed by atoms with van der Waals surface area (Å²) in [4.78, 5) is 12.0. The first-order chi connectivity index (χ1) is 11.0. The molecule has 0 aliphatic heterocycles. The summed E-state index contributed by atoms with van der Waals surface area (Å²) in [6.07, 6.45) is 0. The van der Waals surface area contributed by atoms with Crippen LogP contribution >= 0.6 is 0 Å². The summed E-state index contributed by atoms with van der Waals surface area (Å²) < 4.78 is 10.4. The first kappa shape index (κ1) is 16.4. The van der Waals surface area contributed by atoms with Crippen molar-refractivity contribution in [3.63, 3.8) is 0 Å². The Balaban J connectivity index is 2.13. The molecule has 0 spiro atoms. The minimum Gasteiger partial charge on any atom is -0.508 e. The zero-order valence-electron chi connectivity index (χ0n) is 13.2. The number of rotatable bonds is 5. The van der Waals surface area contributed by atoms with Crippen LogP contribution in [-0.4, -0.2) is 30.9 Å². The zero-order valence-corrected chi connectivity index (χ0v) is 13.2. The second kappa shape index (κ2) is 7.31. The van der Waals surface area contributed by atoms with Crippen LogP contribution in [0, 0.1) is 0 Å². The monoisotopic (exact) mass is 314 g/mol. The van der Waals surface area contributed by atoms with Gasteiger partial charge in [0.25, 0.3) is 5.91 Å². The van der Waals surface area contributed by atoms with Gasteiger partial charge in [-0.1, -0.05) is 0 Å². The number of methoxy groups -OCH3 is 2. The lowest BCUT2D eigenvalue weighted by Gasteiger charge is -2.09. The minimum atomic E-state index is -0.357. The highest BCUT2D eigenvalue weighted by atomic mass is 16.5. The molecule has 0 aliphatic carbocycles. The highest BCUT2D eigenvalue weighted by Gasteiger charge is 2.08. The molecule has 1 amide bonds. The average Bonchev–Trinajstić information content (AvgIpc) is 2.59. The van der Waals surface area contributed by atoms with Gasteiger partial charge in [-0.3, -0.25) is 4.79 Å². The maximum Gasteiger partial charge on any atom is 0.271 e. The van der Waals surface area contributed by atoms with Crippen molar-refractivity contribution in [2.75, 3.05) is 14.2 Å². The summed E-state index contributed by atoms with van der Waals surface area (Å²) in [6.45, 7) is 1.78. The van der Waals surface area contributed by atoms with Crippen molar-refractivity contribution in [2.24, 2.45) is 5.10 Å². The molecule has 23 heavy (non-hydrogen) atoms. The van der Waals surface area contributed by atoms with Gasteiger partial charge in [0.1, 0.15) is 5.75 Å². The fourth-order valence-electron chi connectivity index (χ4n) is 1.94. The van der Waals surface area contributed by atoms with Crippen molar-refractivity contribution in [3.8, 4) is 17.2 Å². The molecule has 0 atom stereocenters. The Bertz CT molecular complexity index is 724. The fraction of sp³-hybridized carbons (Fsp3) is 0.176. The van der Waals surface area contributed by atoms with E-state index in [2.05, 4.69) is 10.5 Å². The van der Waals surface area contributed by atoms with Gasteiger partial charge in [0.15, 0.2) is 11.5 Å². The Morgan fingerprint density at radius 1 is 1.00 bits per heavy atom. The third-order valence-corrected chi connectivity index (χ3v) is 3.26. The largest absolute Gasteiger partial charge is 0.508 e. The van der Waals surface area contributed by atoms with Gasteiger partial charge >= 0.3 is 0 Å². The van der Waals surface area contributed by atoms with Gasteiger partial charge in [-0.05, 0) is 49.4 Å². The first-order valence-electron chi connectivity index (χ1n) is 6.91. The Kier molecular flexibility index (Phi) is 5.19. The second-order valence-electron chi connectivity index (χ2n) is 4.75. The van der Waals surface area contributed by atoms with Gasteiger partial charge in [-0.2, -0.15) is 5.10 Å². The lowest BCUT2D eigenvalue weighted by Crippen LogP contribution is -2.19. The summed E-state index contributed by atoms with van der Waals surface area (Å²) in [6, 6.07) is 11.3. The van der Waals surface area contributed by atoms with Crippen LogP contribution in [0.1, 0.15) is 22.8 Å². The van der Waals surface area contributed by atoms with E-state index < -0.39 is 0 Å². The van der Waals surface area contributed by atoms with Crippen LogP contribution < -0.4 is 14.9 Å². The van der Waals surface area contributed by atoms with Gasteiger partial charge in [0, 0.05) is 11.1 Å². The molecule has 0 unspecified atom stereocenters. The Morgan fingerprint density at radius 3 is 2.22 bits per heavy atom. The van der Waals surface area contributed by atoms with Crippen molar-refractivity contribution in [1.82, 2.24) is 5.43 Å². The van der Waals surface area contributed by atoms with Gasteiger partial charge in [-0.25, -0.2) is 5.43 Å². The highest BCUT2D eigenvalue weighted by Crippen LogP contribution is 2.27. The number of nitrogens with zero attached hydrogens (tertiary/aromatic N) is 1. The number of carbonyl (C=O) groups excluding carboxylic acids is 1. The molecule has 0 fully saturated rings. The molecule has 0 aliphatic rings. The number of ether oxygens (including phenoxy) is 2. The standard InChI is InChI=1S/C17H18N2O4/c1-11(13-6-9-15(22-2)16(10-13)23-3)18-19-17(21)12-4-7-14(20)8-5-12/h4-10,20H,1-3H3,(H,19,21)/b18-11-. The first-order valence-corrected chi connectivity index (χ1v) is 6.91. The number of nitrogens with one attached hydrogen (secondary N) is 1. The number of phenols is 1. The number of hydrogen-bond acceptors (Lipinski definition) is 5. The number of phenolic OH excluding ortho intramolecular Hbond substituents is 1. The smallest absolute Gasteiger partial charge is 0.271 e. The third kappa shape index (κ3) is 4.00. The van der Waals surface area contributed by atoms with Crippen LogP contribution in [0.15, 0.2) is 47.6 Å². The quantitative estimate of drug-likeness (QED) is 0.656. The molecule has 0 heterocycles. The number of carbonyl (C=O) groups is 1. The SMILES string of the molecule is COc1ccc(/C(C)=N\NC(=O)c2ccc(O)cc2)cc1OC. The lowest BCUT2D eigenvalue weighted by molar-refractivity contribution is 0.0955. The van der Waals surface area contributed by atoms with Gasteiger partial charge in [0.05, 0.1) is 19.9 Å². The van der Waals surface area contributed by atoms with Crippen molar-refractivity contribution in [2.45, 2.75) is 6.92 Å². The molecule has 6 heteroatoms. The molecular formula is C17H18N2O4. The number of hydrazone groups is 1. The zero-order chi connectivity index (χ0) is 16.8. The van der Waals surface area contributed by atoms with Gasteiger partial charge in [0.2, 0.25) is 0 Å². The fourth-order valence-corrected chi connectivity index (χ4v) is 1.94. The number of benzene rings is 2. The molecule has 2 rings (SSSR count). The summed E-state index contributed by atoms with van der Waals surface area (Å²) in [7, 11) is 3.12. The molecule has 0 bridgehead atoms. The molecule has 2 aromatic carbocycles. The van der Waals surface area contributed by atoms with Crippen molar-refractivity contribution in [1.29, 1.82) is 0 Å². The maximum atomic E-state index is 12.0. The Labute approximate surface area is 134 Å². The number of aromatic hydroxyl groups is 1. The van der Waals surface area contributed by atoms with Crippen LogP contribution in [-0.2, 0) is 0 Å². The van der Waals surface area contributed by atoms with Crippen molar-refractivity contribution in [3.05, 3.63) is 53.6 Å². The number of hydrogen-bond donors (Lipinski definition) is 2. The van der Waals surface area contributed by atoms with E-state index in [0.717, 1.165) is 5.56 Å². The molecule has 2 N–H and O–H groups in total. The van der Waals surface area contributed by atoms with Gasteiger partial charge in [-0.15, -0.1) is 0 Å². The Hall–Kier alpha value is -3.02. The molecule has 0 saturated carbocycles. The van der Waals surface area contributed by atoms with Crippen LogP contribution in [0.3, 0.4) is 0 Å². The lowest BCUT2D eigenvalue weighted by atomic mass is 10.1. The topological polar surface area (TPSA) is 80.2 Å². The van der Waals surface area contributed by atoms with Crippen molar-refractivity contribution < 1.29 is 19.4 Å². The average molecular weight is 314 g/mol. The Morgan fingerprint density at radius 2 is 1.61 bits per heavy atom. The number of amides is 1. The van der Waals surface area contributed by atoms with E-state index in [9.17, 15) is 9.90 Å². The molecule has 120 valence electrons. The van der Waals surface area contributed by atoms with E-state index in [1.807, 2.05) is 6.07 Å². The molecule has 0 aromatic heterocycles. The molecule has 0 radical (unpaired) electrons. The molecule has 2 aromatic rings. The van der Waals surface area contributed by atoms with E-state index in [1.165, 1.54) is 24.3 Å². The van der Waals surface area contributed by atoms with Crippen LogP contribution in [0.5, 0.6) is 17.2 Å². The molecule has 6 nitrogen and oxygen atoms in total. The predicted molar refractivity (Wildman–Crippen MR) is 87.3 cm³/mol. The van der Waals surface area contributed by atoms with Crippen LogP contribution in [0.25, 0.3) is 0 Å². The molecule has 0 saturated heterocycles. The van der Waals surface area contributed by atoms with Crippen molar-refractivity contribution >= 4 is 11.6 Å². The maximum absolute atomic E-state index is 12.0. The summed E-state index contributed by atoms with van der Waals surface area (Å²) in [5.41, 5.74) is 4.31. The van der Waals surface area contributed by atoms with Crippen LogP contribution in [0.4, 0.5) is 0 Å². The van der Waals surface area contributed by atoms with E-state index in [0.29, 0.717) is 22.8 Å². The van der Waals surface area contributed by atoms with Crippen LogP contribution in [0.2, 0.25) is 0 Å². The normalized spacial score (nSPS) is 11.0.